The van der Waals surface area contributed by atoms with Crippen molar-refractivity contribution >= 4 is 5.82 Å². The van der Waals surface area contributed by atoms with Gasteiger partial charge in [-0.25, -0.2) is 4.98 Å². The van der Waals surface area contributed by atoms with Crippen molar-refractivity contribution in [2.75, 3.05) is 32.1 Å². The van der Waals surface area contributed by atoms with E-state index in [0.29, 0.717) is 6.04 Å². The Morgan fingerprint density at radius 1 is 1.30 bits per heavy atom. The third kappa shape index (κ3) is 3.49. The summed E-state index contributed by atoms with van der Waals surface area (Å²) in [6, 6.07) is 5.82. The van der Waals surface area contributed by atoms with Gasteiger partial charge < -0.3 is 15.1 Å². The molecule has 2 heterocycles. The molecule has 1 N–H and O–H groups in total. The van der Waals surface area contributed by atoms with Crippen LogP contribution in [-0.4, -0.2) is 49.2 Å². The third-order valence-corrected chi connectivity index (χ3v) is 4.43. The maximum Gasteiger partial charge on any atom is 0.128 e. The Balaban J connectivity index is 1.58. The highest BCUT2D eigenvalue weighted by molar-refractivity contribution is 5.40. The summed E-state index contributed by atoms with van der Waals surface area (Å²) < 4.78 is 0. The number of hydrogen-bond acceptors (Lipinski definition) is 4. The summed E-state index contributed by atoms with van der Waals surface area (Å²) in [4.78, 5) is 9.42. The minimum Gasteiger partial charge on any atom is -0.355 e. The lowest BCUT2D eigenvalue weighted by Crippen LogP contribution is -2.45. The summed E-state index contributed by atoms with van der Waals surface area (Å²) in [7, 11) is 4.35. The smallest absolute Gasteiger partial charge is 0.128 e. The number of likely N-dealkylation sites (N-methyl/N-ethyl adjacent to an activating group) is 1. The Morgan fingerprint density at radius 2 is 2.15 bits per heavy atom. The SMILES string of the molecule is CN(C)C1CCCN(c2ccc(CNC3CC3)cn2)C1. The molecule has 1 atom stereocenters. The van der Waals surface area contributed by atoms with Gasteiger partial charge >= 0.3 is 0 Å². The lowest BCUT2D eigenvalue weighted by atomic mass is 10.0. The van der Waals surface area contributed by atoms with Gasteiger partial charge in [0.2, 0.25) is 0 Å². The number of nitrogens with zero attached hydrogens (tertiary/aromatic N) is 3. The summed E-state index contributed by atoms with van der Waals surface area (Å²) in [6.07, 6.45) is 7.27. The quantitative estimate of drug-likeness (QED) is 0.888. The van der Waals surface area contributed by atoms with E-state index in [0.717, 1.165) is 31.5 Å². The largest absolute Gasteiger partial charge is 0.355 e. The molecule has 110 valence electrons. The molecule has 3 rings (SSSR count). The first kappa shape index (κ1) is 13.8. The van der Waals surface area contributed by atoms with Crippen LogP contribution in [-0.2, 0) is 6.54 Å². The van der Waals surface area contributed by atoms with Crippen molar-refractivity contribution in [1.29, 1.82) is 0 Å². The number of rotatable bonds is 5. The second-order valence-electron chi connectivity index (χ2n) is 6.39. The van der Waals surface area contributed by atoms with Crippen LogP contribution in [0, 0.1) is 0 Å². The summed E-state index contributed by atoms with van der Waals surface area (Å²) in [5.74, 6) is 1.13. The van der Waals surface area contributed by atoms with Crippen LogP contribution in [0.1, 0.15) is 31.2 Å². The number of hydrogen-bond donors (Lipinski definition) is 1. The first-order valence-electron chi connectivity index (χ1n) is 7.82. The number of piperidine rings is 1. The molecule has 2 aliphatic rings. The summed E-state index contributed by atoms with van der Waals surface area (Å²) in [5.41, 5.74) is 1.29. The molecular weight excluding hydrogens is 248 g/mol. The van der Waals surface area contributed by atoms with Gasteiger partial charge in [0.05, 0.1) is 0 Å². The van der Waals surface area contributed by atoms with Crippen LogP contribution in [0.4, 0.5) is 5.82 Å². The molecule has 4 heteroatoms. The van der Waals surface area contributed by atoms with E-state index in [4.69, 9.17) is 0 Å². The first-order valence-corrected chi connectivity index (χ1v) is 7.82. The minimum absolute atomic E-state index is 0.654. The highest BCUT2D eigenvalue weighted by Gasteiger charge is 2.22. The van der Waals surface area contributed by atoms with Crippen molar-refractivity contribution in [1.82, 2.24) is 15.2 Å². The van der Waals surface area contributed by atoms with Crippen molar-refractivity contribution in [3.63, 3.8) is 0 Å². The normalized spacial score (nSPS) is 23.4. The second-order valence-corrected chi connectivity index (χ2v) is 6.39. The van der Waals surface area contributed by atoms with E-state index in [9.17, 15) is 0 Å². The van der Waals surface area contributed by atoms with Crippen LogP contribution in [0.2, 0.25) is 0 Å². The fraction of sp³-hybridized carbons (Fsp3) is 0.688. The molecule has 1 aliphatic heterocycles. The van der Waals surface area contributed by atoms with Gasteiger partial charge in [-0.3, -0.25) is 0 Å². The minimum atomic E-state index is 0.654. The zero-order valence-corrected chi connectivity index (χ0v) is 12.7. The molecular formula is C16H26N4. The Morgan fingerprint density at radius 3 is 2.80 bits per heavy atom. The molecule has 1 aromatic heterocycles. The van der Waals surface area contributed by atoms with E-state index in [-0.39, 0.29) is 0 Å². The highest BCUT2D eigenvalue weighted by Crippen LogP contribution is 2.21. The van der Waals surface area contributed by atoms with Crippen LogP contribution < -0.4 is 10.2 Å². The third-order valence-electron chi connectivity index (χ3n) is 4.43. The average molecular weight is 274 g/mol. The van der Waals surface area contributed by atoms with Crippen LogP contribution in [0.25, 0.3) is 0 Å². The number of aromatic nitrogens is 1. The average Bonchev–Trinajstić information content (AvgIpc) is 3.30. The molecule has 4 nitrogen and oxygen atoms in total. The Bertz CT molecular complexity index is 425. The Kier molecular flexibility index (Phi) is 4.22. The van der Waals surface area contributed by atoms with E-state index in [1.807, 2.05) is 6.20 Å². The topological polar surface area (TPSA) is 31.4 Å². The van der Waals surface area contributed by atoms with Gasteiger partial charge in [0.1, 0.15) is 5.82 Å². The predicted molar refractivity (Wildman–Crippen MR) is 83.0 cm³/mol. The second kappa shape index (κ2) is 6.10. The van der Waals surface area contributed by atoms with Crippen LogP contribution >= 0.6 is 0 Å². The van der Waals surface area contributed by atoms with E-state index < -0.39 is 0 Å². The zero-order chi connectivity index (χ0) is 13.9. The van der Waals surface area contributed by atoms with Crippen LogP contribution in [0.3, 0.4) is 0 Å². The van der Waals surface area contributed by atoms with Gasteiger partial charge in [0.25, 0.3) is 0 Å². The summed E-state index contributed by atoms with van der Waals surface area (Å²) >= 11 is 0. The van der Waals surface area contributed by atoms with Crippen molar-refractivity contribution in [2.24, 2.45) is 0 Å². The molecule has 20 heavy (non-hydrogen) atoms. The summed E-state index contributed by atoms with van der Waals surface area (Å²) in [5, 5.41) is 3.53. The Hall–Kier alpha value is -1.13. The highest BCUT2D eigenvalue weighted by atomic mass is 15.2. The molecule has 1 unspecified atom stereocenters. The van der Waals surface area contributed by atoms with Crippen molar-refractivity contribution < 1.29 is 0 Å². The van der Waals surface area contributed by atoms with Crippen molar-refractivity contribution in [3.8, 4) is 0 Å². The van der Waals surface area contributed by atoms with Crippen LogP contribution in [0.5, 0.6) is 0 Å². The standard InChI is InChI=1S/C16H26N4/c1-19(2)15-4-3-9-20(12-15)16-8-5-13(11-18-16)10-17-14-6-7-14/h5,8,11,14-15,17H,3-4,6-7,9-10,12H2,1-2H3. The fourth-order valence-electron chi connectivity index (χ4n) is 2.84. The van der Waals surface area contributed by atoms with Crippen molar-refractivity contribution in [3.05, 3.63) is 23.9 Å². The molecule has 0 aromatic carbocycles. The first-order chi connectivity index (χ1) is 9.72. The van der Waals surface area contributed by atoms with E-state index in [1.54, 1.807) is 0 Å². The van der Waals surface area contributed by atoms with Gasteiger partial charge in [0, 0.05) is 37.9 Å². The fourth-order valence-corrected chi connectivity index (χ4v) is 2.84. The maximum atomic E-state index is 4.66. The molecule has 1 saturated heterocycles. The Labute approximate surface area is 122 Å². The number of nitrogens with one attached hydrogen (secondary N) is 1. The molecule has 1 aromatic rings. The van der Waals surface area contributed by atoms with Gasteiger partial charge in [-0.05, 0) is 51.4 Å². The van der Waals surface area contributed by atoms with E-state index in [2.05, 4.69) is 46.3 Å². The van der Waals surface area contributed by atoms with Crippen LogP contribution in [0.15, 0.2) is 18.3 Å². The van der Waals surface area contributed by atoms with E-state index >= 15 is 0 Å². The zero-order valence-electron chi connectivity index (χ0n) is 12.7. The molecule has 1 saturated carbocycles. The van der Waals surface area contributed by atoms with Gasteiger partial charge in [0.15, 0.2) is 0 Å². The molecule has 0 radical (unpaired) electrons. The monoisotopic (exact) mass is 274 g/mol. The number of anilines is 1. The molecule has 0 bridgehead atoms. The van der Waals surface area contributed by atoms with Gasteiger partial charge in [-0.15, -0.1) is 0 Å². The predicted octanol–water partition coefficient (Wildman–Crippen LogP) is 1.86. The summed E-state index contributed by atoms with van der Waals surface area (Å²) in [6.45, 7) is 3.19. The molecule has 2 fully saturated rings. The van der Waals surface area contributed by atoms with Gasteiger partial charge in [-0.1, -0.05) is 6.07 Å². The molecule has 0 amide bonds. The van der Waals surface area contributed by atoms with Gasteiger partial charge in [-0.2, -0.15) is 0 Å². The lowest BCUT2D eigenvalue weighted by Gasteiger charge is -2.36. The van der Waals surface area contributed by atoms with E-state index in [1.165, 1.54) is 31.2 Å². The lowest BCUT2D eigenvalue weighted by molar-refractivity contribution is 0.257. The molecule has 0 spiro atoms. The van der Waals surface area contributed by atoms with Crippen molar-refractivity contribution in [2.45, 2.75) is 44.3 Å². The number of pyridine rings is 1. The molecule has 1 aliphatic carbocycles. The maximum absolute atomic E-state index is 4.66.